The van der Waals surface area contributed by atoms with Crippen LogP contribution >= 0.6 is 0 Å². The van der Waals surface area contributed by atoms with Crippen LogP contribution in [0.4, 0.5) is 0 Å². The molecule has 3 heteroatoms. The second kappa shape index (κ2) is 5.56. The van der Waals surface area contributed by atoms with E-state index in [0.717, 1.165) is 51.4 Å². The van der Waals surface area contributed by atoms with E-state index in [1.807, 2.05) is 0 Å². The molecule has 0 aromatic rings. The van der Waals surface area contributed by atoms with Crippen LogP contribution in [0.25, 0.3) is 0 Å². The largest absolute Gasteiger partial charge is 0.396 e. The highest BCUT2D eigenvalue weighted by Gasteiger charge is 2.61. The van der Waals surface area contributed by atoms with Crippen LogP contribution in [-0.4, -0.2) is 28.7 Å². The fourth-order valence-corrected chi connectivity index (χ4v) is 7.51. The molecule has 4 saturated carbocycles. The quantitative estimate of drug-likeness (QED) is 0.820. The minimum atomic E-state index is -0.134. The number of carbonyl (C=O) groups excluding carboxylic acids is 1. The Hall–Kier alpha value is -0.410. The molecule has 4 aliphatic carbocycles. The Morgan fingerprint density at radius 2 is 1.91 bits per heavy atom. The van der Waals surface area contributed by atoms with E-state index in [9.17, 15) is 15.0 Å². The molecule has 23 heavy (non-hydrogen) atoms. The van der Waals surface area contributed by atoms with Crippen molar-refractivity contribution in [1.82, 2.24) is 0 Å². The van der Waals surface area contributed by atoms with Crippen LogP contribution in [0.3, 0.4) is 0 Å². The van der Waals surface area contributed by atoms with E-state index in [2.05, 4.69) is 6.92 Å². The highest BCUT2D eigenvalue weighted by atomic mass is 16.3. The van der Waals surface area contributed by atoms with Crippen LogP contribution in [0.15, 0.2) is 0 Å². The SMILES string of the molecule is C[C@]12CC[C@H]3[C@@H](CC[C@H]4C[C@H](O)CC[C@@]43CCO)[C@@H]1CCC2=O. The summed E-state index contributed by atoms with van der Waals surface area (Å²) in [7, 11) is 0. The number of aliphatic hydroxyl groups is 2. The van der Waals surface area contributed by atoms with Gasteiger partial charge in [0.25, 0.3) is 0 Å². The second-order valence-corrected chi connectivity index (χ2v) is 9.20. The van der Waals surface area contributed by atoms with Crippen LogP contribution in [0.5, 0.6) is 0 Å². The molecule has 4 fully saturated rings. The summed E-state index contributed by atoms with van der Waals surface area (Å²) < 4.78 is 0. The fraction of sp³-hybridized carbons (Fsp3) is 0.950. The van der Waals surface area contributed by atoms with Crippen LogP contribution in [0.1, 0.15) is 71.1 Å². The number of Topliss-reactive ketones (excluding diaryl/α,β-unsaturated/α-hetero) is 1. The van der Waals surface area contributed by atoms with Gasteiger partial charge in [0.1, 0.15) is 5.78 Å². The van der Waals surface area contributed by atoms with Crippen molar-refractivity contribution in [2.24, 2.45) is 34.5 Å². The first-order chi connectivity index (χ1) is 11.0. The maximum Gasteiger partial charge on any atom is 0.139 e. The highest BCUT2D eigenvalue weighted by Crippen LogP contribution is 2.66. The number of aliphatic hydroxyl groups excluding tert-OH is 2. The molecular weight excluding hydrogens is 288 g/mol. The van der Waals surface area contributed by atoms with Gasteiger partial charge in [-0.25, -0.2) is 0 Å². The predicted octanol–water partition coefficient (Wildman–Crippen LogP) is 3.32. The molecule has 4 aliphatic rings. The number of fused-ring (bicyclic) bond motifs is 5. The summed E-state index contributed by atoms with van der Waals surface area (Å²) in [6.07, 6.45) is 10.2. The number of hydrogen-bond acceptors (Lipinski definition) is 3. The van der Waals surface area contributed by atoms with Crippen LogP contribution in [0.2, 0.25) is 0 Å². The topological polar surface area (TPSA) is 57.5 Å². The van der Waals surface area contributed by atoms with Crippen LogP contribution in [0, 0.1) is 34.5 Å². The average Bonchev–Trinajstić information content (AvgIpc) is 2.84. The van der Waals surface area contributed by atoms with Gasteiger partial charge in [0, 0.05) is 18.4 Å². The van der Waals surface area contributed by atoms with Crippen LogP contribution in [-0.2, 0) is 4.79 Å². The van der Waals surface area contributed by atoms with Gasteiger partial charge in [-0.1, -0.05) is 6.92 Å². The summed E-state index contributed by atoms with van der Waals surface area (Å²) in [4.78, 5) is 12.5. The van der Waals surface area contributed by atoms with E-state index in [1.165, 1.54) is 12.8 Å². The Bertz CT molecular complexity index is 489. The summed E-state index contributed by atoms with van der Waals surface area (Å²) in [5.41, 5.74) is 0.187. The normalized spacial score (nSPS) is 52.7. The average molecular weight is 320 g/mol. The van der Waals surface area contributed by atoms with Gasteiger partial charge >= 0.3 is 0 Å². The van der Waals surface area contributed by atoms with Gasteiger partial charge < -0.3 is 10.2 Å². The van der Waals surface area contributed by atoms with E-state index >= 15 is 0 Å². The lowest BCUT2D eigenvalue weighted by molar-refractivity contribution is -0.149. The Balaban J connectivity index is 1.66. The van der Waals surface area contributed by atoms with Gasteiger partial charge in [0.15, 0.2) is 0 Å². The second-order valence-electron chi connectivity index (χ2n) is 9.20. The lowest BCUT2D eigenvalue weighted by Crippen LogP contribution is -2.55. The van der Waals surface area contributed by atoms with Gasteiger partial charge in [-0.15, -0.1) is 0 Å². The molecule has 0 unspecified atom stereocenters. The molecule has 0 amide bonds. The molecule has 4 rings (SSSR count). The minimum absolute atomic E-state index is 0.0530. The molecule has 0 aromatic heterocycles. The monoisotopic (exact) mass is 320 g/mol. The summed E-state index contributed by atoms with van der Waals surface area (Å²) >= 11 is 0. The van der Waals surface area contributed by atoms with Gasteiger partial charge in [-0.3, -0.25) is 4.79 Å². The molecule has 0 radical (unpaired) electrons. The first kappa shape index (κ1) is 16.1. The van der Waals surface area contributed by atoms with Gasteiger partial charge in [0.2, 0.25) is 0 Å². The molecule has 7 atom stereocenters. The van der Waals surface area contributed by atoms with Crippen molar-refractivity contribution in [2.75, 3.05) is 6.61 Å². The van der Waals surface area contributed by atoms with Crippen molar-refractivity contribution in [2.45, 2.75) is 77.2 Å². The first-order valence-corrected chi connectivity index (χ1v) is 9.83. The third-order valence-electron chi connectivity index (χ3n) is 8.62. The van der Waals surface area contributed by atoms with Gasteiger partial charge in [-0.2, -0.15) is 0 Å². The van der Waals surface area contributed by atoms with Crippen molar-refractivity contribution in [3.63, 3.8) is 0 Å². The van der Waals surface area contributed by atoms with Crippen molar-refractivity contribution in [3.05, 3.63) is 0 Å². The van der Waals surface area contributed by atoms with E-state index < -0.39 is 0 Å². The Morgan fingerprint density at radius 3 is 2.70 bits per heavy atom. The number of hydrogen-bond donors (Lipinski definition) is 2. The van der Waals surface area contributed by atoms with Gasteiger partial charge in [0.05, 0.1) is 6.10 Å². The lowest BCUT2D eigenvalue weighted by atomic mass is 9.44. The van der Waals surface area contributed by atoms with E-state index in [-0.39, 0.29) is 23.5 Å². The smallest absolute Gasteiger partial charge is 0.139 e. The van der Waals surface area contributed by atoms with Crippen LogP contribution < -0.4 is 0 Å². The van der Waals surface area contributed by atoms with Crippen molar-refractivity contribution in [1.29, 1.82) is 0 Å². The Kier molecular flexibility index (Phi) is 3.88. The summed E-state index contributed by atoms with van der Waals surface area (Å²) in [5, 5.41) is 19.9. The fourth-order valence-electron chi connectivity index (χ4n) is 7.51. The zero-order chi connectivity index (χ0) is 16.2. The van der Waals surface area contributed by atoms with E-state index in [0.29, 0.717) is 29.5 Å². The molecule has 130 valence electrons. The zero-order valence-electron chi connectivity index (χ0n) is 14.5. The maximum atomic E-state index is 12.5. The molecule has 0 heterocycles. The zero-order valence-corrected chi connectivity index (χ0v) is 14.5. The van der Waals surface area contributed by atoms with Crippen molar-refractivity contribution >= 4 is 5.78 Å². The Morgan fingerprint density at radius 1 is 1.09 bits per heavy atom. The molecule has 2 N–H and O–H groups in total. The summed E-state index contributed by atoms with van der Waals surface area (Å²) in [6.45, 7) is 2.51. The van der Waals surface area contributed by atoms with Crippen molar-refractivity contribution in [3.8, 4) is 0 Å². The first-order valence-electron chi connectivity index (χ1n) is 9.83. The number of rotatable bonds is 2. The van der Waals surface area contributed by atoms with Gasteiger partial charge in [-0.05, 0) is 86.9 Å². The summed E-state index contributed by atoms with van der Waals surface area (Å²) in [6, 6.07) is 0. The molecule has 0 aromatic carbocycles. The van der Waals surface area contributed by atoms with Crippen molar-refractivity contribution < 1.29 is 15.0 Å². The maximum absolute atomic E-state index is 12.5. The third kappa shape index (κ3) is 2.18. The standard InChI is InChI=1S/C20H32O3/c1-19-8-7-17-15(16(19)4-5-18(19)23)3-2-13-12-14(22)6-9-20(13,17)10-11-21/h13-17,21-22H,2-12H2,1H3/t13-,14+,15-,16-,17-,19-,20+/m0/s1. The lowest BCUT2D eigenvalue weighted by Gasteiger charge is -2.61. The highest BCUT2D eigenvalue weighted by molar-refractivity contribution is 5.87. The molecule has 0 spiro atoms. The summed E-state index contributed by atoms with van der Waals surface area (Å²) in [5.74, 6) is 3.03. The number of ketones is 1. The molecular formula is C20H32O3. The predicted molar refractivity (Wildman–Crippen MR) is 88.8 cm³/mol. The molecule has 0 aliphatic heterocycles. The Labute approximate surface area is 139 Å². The minimum Gasteiger partial charge on any atom is -0.396 e. The molecule has 3 nitrogen and oxygen atoms in total. The van der Waals surface area contributed by atoms with E-state index in [4.69, 9.17) is 0 Å². The molecule has 0 bridgehead atoms. The third-order valence-corrected chi connectivity index (χ3v) is 8.62. The molecule has 0 saturated heterocycles. The van der Waals surface area contributed by atoms with E-state index in [1.54, 1.807) is 0 Å². The number of carbonyl (C=O) groups is 1.